The van der Waals surface area contributed by atoms with Crippen molar-refractivity contribution in [1.29, 1.82) is 0 Å². The Bertz CT molecular complexity index is 2770. The van der Waals surface area contributed by atoms with E-state index in [1.165, 1.54) is 34.1 Å². The van der Waals surface area contributed by atoms with Gasteiger partial charge in [0, 0.05) is 115 Å². The number of amides is 3. The van der Waals surface area contributed by atoms with E-state index in [9.17, 15) is 93.6 Å². The summed E-state index contributed by atoms with van der Waals surface area (Å²) in [7, 11) is 0. The number of H-pyrrole nitrogens is 1. The average Bonchev–Trinajstić information content (AvgIpc) is 4.09. The standard InChI is InChI=1S/C55H75N11O19S.Ga/c1-33(44(69)23-37(22-39-26-56-32-57-39)51(80)60-41(30-67)45(70)24-36(21-35-5-3-2-4-6-35)50(79)61-42(31-68)53(82)83)58-52(81)40(25-46(71)72)62-55(86)59-38-10-7-34(8-11-38)9-12-43(54(84)85)66-19-17-64(28-48(75)76)15-13-63(27-47(73)74)14-16-65(18-20-66)29-49(77)78;/h2-8,10-11,26,32-33,36-37,40-43,67-68H,9,12-25,27-31H2,1H3,(H,56,57)(H,58,81)(H,60,80)(H,61,79)(H,71,72)(H,73,74)(H,75,76)(H,77,78)(H,82,83)(H,84,85)(H2,59,62,86);/q;+3/p-3/t33-,36+,37+,40-,41-,42-,43?;/m0./s1. The molecule has 3 aromatic rings. The van der Waals surface area contributed by atoms with Crippen LogP contribution in [0.3, 0.4) is 0 Å². The first-order chi connectivity index (χ1) is 40.8. The molecule has 1 aliphatic rings. The number of aromatic nitrogens is 2. The first kappa shape index (κ1) is 73.6. The fourth-order valence-corrected chi connectivity index (χ4v) is 9.64. The van der Waals surface area contributed by atoms with Crippen LogP contribution < -0.4 is 41.9 Å². The number of aliphatic carboxylic acids is 6. The van der Waals surface area contributed by atoms with Gasteiger partial charge in [-0.3, -0.25) is 53.2 Å². The molecular weight excluding hydrogens is 1220 g/mol. The quantitative estimate of drug-likeness (QED) is 0.0196. The molecule has 470 valence electrons. The van der Waals surface area contributed by atoms with Gasteiger partial charge in [0.15, 0.2) is 16.7 Å². The van der Waals surface area contributed by atoms with E-state index in [-0.39, 0.29) is 103 Å². The number of nitrogens with zero attached hydrogens (tertiary/aromatic N) is 5. The van der Waals surface area contributed by atoms with Crippen LogP contribution in [-0.4, -0.2) is 261 Å². The van der Waals surface area contributed by atoms with Gasteiger partial charge >= 0.3 is 37.7 Å². The van der Waals surface area contributed by atoms with Crippen molar-refractivity contribution in [3.05, 3.63) is 83.9 Å². The number of ketones is 2. The topological polar surface area (TPSA) is 460 Å². The van der Waals surface area contributed by atoms with Crippen LogP contribution in [0, 0.1) is 11.8 Å². The number of hydrogen-bond donors (Lipinski definition) is 11. The number of Topliss-reactive ketones (excluding diaryl/α,β-unsaturated/α-hetero) is 2. The third-order valence-electron chi connectivity index (χ3n) is 14.1. The molecule has 11 N–H and O–H groups in total. The average molecular weight is 1290 g/mol. The molecule has 1 saturated heterocycles. The second kappa shape index (κ2) is 37.8. The Morgan fingerprint density at radius 2 is 1.10 bits per heavy atom. The fraction of sp³-hybridized carbons (Fsp3) is 0.509. The van der Waals surface area contributed by atoms with Crippen molar-refractivity contribution >= 4 is 108 Å². The number of aliphatic hydroxyl groups is 2. The summed E-state index contributed by atoms with van der Waals surface area (Å²) in [5, 5.41) is 96.4. The van der Waals surface area contributed by atoms with Crippen LogP contribution in [0.25, 0.3) is 0 Å². The van der Waals surface area contributed by atoms with Crippen LogP contribution >= 0.6 is 12.2 Å². The minimum absolute atomic E-state index is 0. The summed E-state index contributed by atoms with van der Waals surface area (Å²) in [6, 6.07) is 7.55. The number of hydrogen-bond acceptors (Lipinski definition) is 22. The first-order valence-corrected chi connectivity index (χ1v) is 27.8. The minimum atomic E-state index is -1.68. The van der Waals surface area contributed by atoms with E-state index >= 15 is 0 Å². The Kier molecular flexibility index (Phi) is 31.9. The van der Waals surface area contributed by atoms with Crippen molar-refractivity contribution in [1.82, 2.24) is 50.8 Å². The molecule has 3 amide bonds. The Morgan fingerprint density at radius 3 is 1.57 bits per heavy atom. The SMILES string of the molecule is C[C@H](NC(=O)[C@H](CC(=O)O)NC(=S)Nc1ccc(CCC(C(=O)O)N2CCN(CC(=O)[O-])CCN(CC(=O)[O-])CCN(CC(=O)[O-])CC2)cc1)C(=O)C[C@@H](Cc1cnc[nH]1)C(=O)N[C@@H](CO)C(=O)C[C@@H](Cc1ccccc1)C(=O)N[C@@H](CO)C(=O)O.[Ga+3]. The molecule has 4 rings (SSSR count). The van der Waals surface area contributed by atoms with Crippen molar-refractivity contribution in [2.24, 2.45) is 11.8 Å². The zero-order valence-corrected chi connectivity index (χ0v) is 50.9. The molecule has 2 aromatic carbocycles. The molecule has 0 radical (unpaired) electrons. The molecular formula is C55H72GaN11O19S. The Balaban J connectivity index is 0.0000198. The van der Waals surface area contributed by atoms with Gasteiger partial charge in [-0.15, -0.1) is 0 Å². The van der Waals surface area contributed by atoms with Gasteiger partial charge in [-0.25, -0.2) is 9.78 Å². The number of benzene rings is 2. The minimum Gasteiger partial charge on any atom is -0.549 e. The second-order valence-corrected chi connectivity index (χ2v) is 21.0. The number of nitrogens with one attached hydrogen (secondary N) is 6. The molecule has 1 aromatic heterocycles. The molecule has 2 heterocycles. The van der Waals surface area contributed by atoms with Gasteiger partial charge in [0.2, 0.25) is 17.7 Å². The molecule has 1 unspecified atom stereocenters. The van der Waals surface area contributed by atoms with E-state index < -0.39 is 159 Å². The maximum Gasteiger partial charge on any atom is 3.00 e. The molecule has 0 saturated carbocycles. The van der Waals surface area contributed by atoms with Crippen LogP contribution in [0.15, 0.2) is 67.1 Å². The van der Waals surface area contributed by atoms with Gasteiger partial charge < -0.3 is 86.8 Å². The van der Waals surface area contributed by atoms with Crippen molar-refractivity contribution < 1.29 is 93.6 Å². The van der Waals surface area contributed by atoms with Gasteiger partial charge in [-0.1, -0.05) is 42.5 Å². The third kappa shape index (κ3) is 26.9. The number of imidazole rings is 1. The summed E-state index contributed by atoms with van der Waals surface area (Å²) >= 11 is 5.42. The van der Waals surface area contributed by atoms with Crippen molar-refractivity contribution in [3.63, 3.8) is 0 Å². The monoisotopic (exact) mass is 1290 g/mol. The summed E-state index contributed by atoms with van der Waals surface area (Å²) in [6.07, 6.45) is 0.753. The Labute approximate surface area is 518 Å². The summed E-state index contributed by atoms with van der Waals surface area (Å²) < 4.78 is 0. The number of carboxylic acid groups (broad SMARTS) is 6. The number of aryl methyl sites for hydroxylation is 1. The first-order valence-electron chi connectivity index (χ1n) is 27.4. The van der Waals surface area contributed by atoms with Crippen molar-refractivity contribution in [2.75, 3.05) is 90.5 Å². The summed E-state index contributed by atoms with van der Waals surface area (Å²) in [5.41, 5.74) is 2.00. The number of carbonyl (C=O) groups is 11. The van der Waals surface area contributed by atoms with Crippen LogP contribution in [0.2, 0.25) is 0 Å². The van der Waals surface area contributed by atoms with E-state index in [2.05, 4.69) is 36.6 Å². The Hall–Kier alpha value is -7.69. The van der Waals surface area contributed by atoms with E-state index in [1.807, 2.05) is 0 Å². The maximum atomic E-state index is 13.9. The number of carboxylic acids is 6. The van der Waals surface area contributed by atoms with E-state index in [0.717, 1.165) is 0 Å². The third-order valence-corrected chi connectivity index (χ3v) is 14.3. The van der Waals surface area contributed by atoms with Crippen molar-refractivity contribution in [3.8, 4) is 0 Å². The van der Waals surface area contributed by atoms with Gasteiger partial charge in [-0.05, 0) is 61.7 Å². The number of anilines is 1. The molecule has 87 heavy (non-hydrogen) atoms. The van der Waals surface area contributed by atoms with E-state index in [4.69, 9.17) is 12.2 Å². The second-order valence-electron chi connectivity index (χ2n) is 20.6. The van der Waals surface area contributed by atoms with Crippen molar-refractivity contribution in [2.45, 2.75) is 82.1 Å². The molecule has 32 heteroatoms. The molecule has 7 atom stereocenters. The zero-order chi connectivity index (χ0) is 63.5. The predicted octanol–water partition coefficient (Wildman–Crippen LogP) is -6.80. The van der Waals surface area contributed by atoms with Gasteiger partial charge in [-0.2, -0.15) is 0 Å². The van der Waals surface area contributed by atoms with Crippen LogP contribution in [0.1, 0.15) is 49.4 Å². The van der Waals surface area contributed by atoms with Gasteiger partial charge in [0.1, 0.15) is 24.2 Å². The molecule has 0 spiro atoms. The Morgan fingerprint density at radius 1 is 0.598 bits per heavy atom. The predicted molar refractivity (Wildman–Crippen MR) is 305 cm³/mol. The van der Waals surface area contributed by atoms with E-state index in [1.54, 1.807) is 59.5 Å². The molecule has 0 bridgehead atoms. The number of aromatic amines is 1. The van der Waals surface area contributed by atoms with Gasteiger partial charge in [0.05, 0.1) is 55.8 Å². The number of thiocarbonyl (C=S) groups is 1. The molecule has 0 aliphatic carbocycles. The fourth-order valence-electron chi connectivity index (χ4n) is 9.38. The summed E-state index contributed by atoms with van der Waals surface area (Å²) in [4.78, 5) is 152. The summed E-state index contributed by atoms with van der Waals surface area (Å²) in [6.45, 7) is -1.63. The maximum absolute atomic E-state index is 13.9. The zero-order valence-electron chi connectivity index (χ0n) is 47.7. The number of carbonyl (C=O) groups excluding carboxylic acids is 8. The summed E-state index contributed by atoms with van der Waals surface area (Å²) in [5.74, 6) is -15.1. The molecule has 1 aliphatic heterocycles. The van der Waals surface area contributed by atoms with E-state index in [0.29, 0.717) is 22.5 Å². The largest absolute Gasteiger partial charge is 3.00 e. The van der Waals surface area contributed by atoms with Crippen LogP contribution in [-0.2, 0) is 72.0 Å². The molecule has 1 fully saturated rings. The molecule has 30 nitrogen and oxygen atoms in total. The number of rotatable bonds is 34. The number of aliphatic hydroxyl groups excluding tert-OH is 2. The smallest absolute Gasteiger partial charge is 0.549 e. The van der Waals surface area contributed by atoms with Crippen LogP contribution in [0.5, 0.6) is 0 Å². The van der Waals surface area contributed by atoms with Crippen LogP contribution in [0.4, 0.5) is 5.69 Å². The normalized spacial score (nSPS) is 16.2. The van der Waals surface area contributed by atoms with Gasteiger partial charge in [0.25, 0.3) is 0 Å².